The Kier molecular flexibility index (Phi) is 4.55. The van der Waals surface area contributed by atoms with Crippen molar-refractivity contribution in [2.45, 2.75) is 64.9 Å². The average Bonchev–Trinajstić information content (AvgIpc) is 3.22. The van der Waals surface area contributed by atoms with Crippen molar-refractivity contribution in [3.63, 3.8) is 0 Å². The van der Waals surface area contributed by atoms with E-state index < -0.39 is 6.10 Å². The van der Waals surface area contributed by atoms with E-state index in [9.17, 15) is 9.90 Å². The number of carbonyl (C=O) groups is 1. The third-order valence-corrected chi connectivity index (χ3v) is 8.29. The Morgan fingerprint density at radius 1 is 1.42 bits per heavy atom. The highest BCUT2D eigenvalue weighted by Crippen LogP contribution is 2.57. The molecule has 0 radical (unpaired) electrons. The fraction of sp³-hybridized carbons (Fsp3) is 0.800. The summed E-state index contributed by atoms with van der Waals surface area (Å²) in [6.07, 6.45) is 4.68. The number of likely N-dealkylation sites (tertiary alicyclic amines) is 1. The highest BCUT2D eigenvalue weighted by molar-refractivity contribution is 7.15. The molecule has 2 aliphatic carbocycles. The number of thiazole rings is 1. The van der Waals surface area contributed by atoms with E-state index >= 15 is 0 Å². The van der Waals surface area contributed by atoms with Crippen molar-refractivity contribution in [1.82, 2.24) is 9.88 Å². The number of nitrogens with zero attached hydrogens (tertiary/aromatic N) is 2. The maximum absolute atomic E-state index is 12.9. The van der Waals surface area contributed by atoms with E-state index in [-0.39, 0.29) is 35.0 Å². The van der Waals surface area contributed by atoms with Crippen LogP contribution in [0.2, 0.25) is 0 Å². The first-order valence-corrected chi connectivity index (χ1v) is 10.9. The largest absolute Gasteiger partial charge is 0.392 e. The van der Waals surface area contributed by atoms with Crippen molar-refractivity contribution >= 4 is 22.4 Å². The lowest BCUT2D eigenvalue weighted by Crippen LogP contribution is -2.53. The average molecular weight is 378 g/mol. The van der Waals surface area contributed by atoms with E-state index in [1.165, 1.54) is 4.88 Å². The standard InChI is InChI=1S/C20H31N3O2S/c1-11(18(25)23-8-4-5-9-23)13-6-7-20(3)10-14-16(22-19(21)26-14)12(2)15(20)17(13)24/h11-13,15,17,24H,4-10H2,1-3H3,(H2,21,22)/t11-,12-,13-,15+,17-,20-/m0/s1. The molecular formula is C20H31N3O2S. The van der Waals surface area contributed by atoms with Crippen LogP contribution in [0.25, 0.3) is 0 Å². The molecule has 6 atom stereocenters. The van der Waals surface area contributed by atoms with E-state index in [0.29, 0.717) is 5.13 Å². The number of nitrogen functional groups attached to an aromatic ring is 1. The minimum Gasteiger partial charge on any atom is -0.392 e. The molecule has 1 saturated carbocycles. The second kappa shape index (κ2) is 6.48. The van der Waals surface area contributed by atoms with Gasteiger partial charge in [-0.05, 0) is 49.4 Å². The number of nitrogens with two attached hydrogens (primary N) is 1. The van der Waals surface area contributed by atoms with Gasteiger partial charge < -0.3 is 15.7 Å². The van der Waals surface area contributed by atoms with Gasteiger partial charge in [-0.15, -0.1) is 11.3 Å². The summed E-state index contributed by atoms with van der Waals surface area (Å²) < 4.78 is 0. The zero-order valence-electron chi connectivity index (χ0n) is 16.1. The van der Waals surface area contributed by atoms with Crippen LogP contribution in [0.5, 0.6) is 0 Å². The van der Waals surface area contributed by atoms with Crippen molar-refractivity contribution in [3.8, 4) is 0 Å². The first-order chi connectivity index (χ1) is 12.3. The normalized spacial score (nSPS) is 37.9. The highest BCUT2D eigenvalue weighted by Gasteiger charge is 2.54. The predicted octanol–water partition coefficient (Wildman–Crippen LogP) is 3.04. The van der Waals surface area contributed by atoms with Crippen LogP contribution >= 0.6 is 11.3 Å². The molecule has 2 fully saturated rings. The number of fused-ring (bicyclic) bond motifs is 2. The number of carbonyl (C=O) groups excluding carboxylic acids is 1. The van der Waals surface area contributed by atoms with Crippen molar-refractivity contribution < 1.29 is 9.90 Å². The third kappa shape index (κ3) is 2.76. The minimum absolute atomic E-state index is 0.0427. The van der Waals surface area contributed by atoms with Gasteiger partial charge in [0.25, 0.3) is 0 Å². The van der Waals surface area contributed by atoms with Crippen molar-refractivity contribution in [2.24, 2.45) is 23.2 Å². The maximum Gasteiger partial charge on any atom is 0.225 e. The fourth-order valence-corrected chi connectivity index (χ4v) is 7.11. The fourth-order valence-electron chi connectivity index (χ4n) is 5.97. The van der Waals surface area contributed by atoms with Gasteiger partial charge in [-0.25, -0.2) is 4.98 Å². The minimum atomic E-state index is -0.457. The molecule has 0 bridgehead atoms. The van der Waals surface area contributed by atoms with Gasteiger partial charge in [-0.3, -0.25) is 4.79 Å². The molecule has 0 spiro atoms. The lowest BCUT2D eigenvalue weighted by molar-refractivity contribution is -0.143. The number of hydrogen-bond acceptors (Lipinski definition) is 5. The van der Waals surface area contributed by atoms with Gasteiger partial charge in [-0.2, -0.15) is 0 Å². The Morgan fingerprint density at radius 2 is 2.12 bits per heavy atom. The number of hydrogen-bond donors (Lipinski definition) is 2. The first kappa shape index (κ1) is 18.2. The van der Waals surface area contributed by atoms with Gasteiger partial charge in [-0.1, -0.05) is 20.8 Å². The second-order valence-electron chi connectivity index (χ2n) is 9.02. The van der Waals surface area contributed by atoms with E-state index in [1.54, 1.807) is 11.3 Å². The molecule has 5 nitrogen and oxygen atoms in total. The lowest BCUT2D eigenvalue weighted by Gasteiger charge is -2.53. The molecule has 3 N–H and O–H groups in total. The van der Waals surface area contributed by atoms with Gasteiger partial charge in [0.1, 0.15) is 0 Å². The Hall–Kier alpha value is -1.14. The summed E-state index contributed by atoms with van der Waals surface area (Å²) in [6.45, 7) is 8.27. The quantitative estimate of drug-likeness (QED) is 0.830. The Morgan fingerprint density at radius 3 is 2.81 bits per heavy atom. The molecule has 1 aromatic rings. The van der Waals surface area contributed by atoms with E-state index in [0.717, 1.165) is 50.9 Å². The van der Waals surface area contributed by atoms with Gasteiger partial charge in [0.15, 0.2) is 5.13 Å². The number of aliphatic hydroxyl groups excluding tert-OH is 1. The van der Waals surface area contributed by atoms with Crippen molar-refractivity contribution in [3.05, 3.63) is 10.6 Å². The smallest absolute Gasteiger partial charge is 0.225 e. The predicted molar refractivity (Wildman–Crippen MR) is 104 cm³/mol. The zero-order valence-corrected chi connectivity index (χ0v) is 16.9. The van der Waals surface area contributed by atoms with E-state index in [1.807, 2.05) is 11.8 Å². The molecule has 1 aliphatic heterocycles. The van der Waals surface area contributed by atoms with Gasteiger partial charge in [0, 0.05) is 29.8 Å². The lowest BCUT2D eigenvalue weighted by atomic mass is 9.53. The zero-order chi connectivity index (χ0) is 18.6. The summed E-state index contributed by atoms with van der Waals surface area (Å²) in [7, 11) is 0. The van der Waals surface area contributed by atoms with Crippen LogP contribution in [0.15, 0.2) is 0 Å². The second-order valence-corrected chi connectivity index (χ2v) is 10.1. The number of aliphatic hydroxyl groups is 1. The van der Waals surface area contributed by atoms with Gasteiger partial charge in [0.05, 0.1) is 11.8 Å². The summed E-state index contributed by atoms with van der Waals surface area (Å²) in [5, 5.41) is 12.0. The van der Waals surface area contributed by atoms with Crippen LogP contribution in [0.4, 0.5) is 5.13 Å². The summed E-state index contributed by atoms with van der Waals surface area (Å²) in [6, 6.07) is 0. The monoisotopic (exact) mass is 377 g/mol. The molecule has 6 heteroatoms. The summed E-state index contributed by atoms with van der Waals surface area (Å²) >= 11 is 1.60. The molecular weight excluding hydrogens is 346 g/mol. The van der Waals surface area contributed by atoms with Crippen LogP contribution in [0.3, 0.4) is 0 Å². The van der Waals surface area contributed by atoms with E-state index in [4.69, 9.17) is 5.73 Å². The van der Waals surface area contributed by atoms with Crippen LogP contribution in [-0.4, -0.2) is 40.1 Å². The van der Waals surface area contributed by atoms with E-state index in [2.05, 4.69) is 18.8 Å². The summed E-state index contributed by atoms with van der Waals surface area (Å²) in [4.78, 5) is 20.8. The van der Waals surface area contributed by atoms with Crippen LogP contribution < -0.4 is 5.73 Å². The van der Waals surface area contributed by atoms with Crippen LogP contribution in [0, 0.1) is 23.2 Å². The number of aromatic nitrogens is 1. The third-order valence-electron chi connectivity index (χ3n) is 7.39. The van der Waals surface area contributed by atoms with Gasteiger partial charge in [0.2, 0.25) is 5.91 Å². The Bertz CT molecular complexity index is 699. The van der Waals surface area contributed by atoms with Crippen molar-refractivity contribution in [1.29, 1.82) is 0 Å². The molecule has 1 saturated heterocycles. The molecule has 26 heavy (non-hydrogen) atoms. The molecule has 1 amide bonds. The highest BCUT2D eigenvalue weighted by atomic mass is 32.1. The summed E-state index contributed by atoms with van der Waals surface area (Å²) in [5.74, 6) is 0.494. The molecule has 2 heterocycles. The Labute approximate surface area is 160 Å². The molecule has 1 aromatic heterocycles. The molecule has 4 rings (SSSR count). The van der Waals surface area contributed by atoms with Crippen molar-refractivity contribution in [2.75, 3.05) is 18.8 Å². The SMILES string of the molecule is C[C@H](C(=O)N1CCCC1)[C@@H]1CC[C@@]2(C)Cc3sc(N)nc3[C@@H](C)[C@@H]2[C@H]1O. The molecule has 0 aromatic carbocycles. The van der Waals surface area contributed by atoms with Gasteiger partial charge >= 0.3 is 0 Å². The van der Waals surface area contributed by atoms with Crippen LogP contribution in [-0.2, 0) is 11.2 Å². The number of anilines is 1. The summed E-state index contributed by atoms with van der Waals surface area (Å²) in [5.41, 5.74) is 7.11. The topological polar surface area (TPSA) is 79.5 Å². The molecule has 0 unspecified atom stereocenters. The number of rotatable bonds is 2. The maximum atomic E-state index is 12.9. The molecule has 144 valence electrons. The Balaban J connectivity index is 1.58. The number of amides is 1. The first-order valence-electron chi connectivity index (χ1n) is 10.0. The molecule has 3 aliphatic rings. The van der Waals surface area contributed by atoms with Crippen LogP contribution in [0.1, 0.15) is 62.9 Å².